The number of aliphatic hydroxyl groups excluding tert-OH is 1. The minimum absolute atomic E-state index is 0.131. The van der Waals surface area contributed by atoms with Gasteiger partial charge in [-0.3, -0.25) is 4.79 Å². The van der Waals surface area contributed by atoms with Crippen LogP contribution in [0.5, 0.6) is 5.75 Å². The summed E-state index contributed by atoms with van der Waals surface area (Å²) in [5, 5.41) is 11.4. The van der Waals surface area contributed by atoms with Gasteiger partial charge in [-0.25, -0.2) is 4.79 Å². The molecule has 18 heavy (non-hydrogen) atoms. The van der Waals surface area contributed by atoms with Gasteiger partial charge in [0, 0.05) is 13.0 Å². The summed E-state index contributed by atoms with van der Waals surface area (Å²) < 4.78 is 10.0. The molecule has 0 fully saturated rings. The van der Waals surface area contributed by atoms with E-state index in [2.05, 4.69) is 10.1 Å². The number of esters is 1. The van der Waals surface area contributed by atoms with Gasteiger partial charge in [0.05, 0.1) is 18.4 Å². The monoisotopic (exact) mass is 251 g/mol. The maximum Gasteiger partial charge on any atom is 0.337 e. The van der Waals surface area contributed by atoms with Gasteiger partial charge in [0.15, 0.2) is 6.10 Å². The zero-order valence-corrected chi connectivity index (χ0v) is 9.80. The Hall–Kier alpha value is -2.08. The zero-order chi connectivity index (χ0) is 13.1. The van der Waals surface area contributed by atoms with Crippen LogP contribution in [0.15, 0.2) is 18.2 Å². The number of anilines is 1. The second kappa shape index (κ2) is 5.05. The van der Waals surface area contributed by atoms with Crippen LogP contribution in [0.4, 0.5) is 5.69 Å². The first kappa shape index (κ1) is 12.4. The van der Waals surface area contributed by atoms with Crippen molar-refractivity contribution in [2.45, 2.75) is 12.5 Å². The lowest BCUT2D eigenvalue weighted by Gasteiger charge is -2.25. The summed E-state index contributed by atoms with van der Waals surface area (Å²) in [6.45, 7) is -0.131. The van der Waals surface area contributed by atoms with Crippen molar-refractivity contribution in [3.8, 4) is 5.75 Å². The molecule has 0 aliphatic carbocycles. The van der Waals surface area contributed by atoms with E-state index in [0.29, 0.717) is 17.0 Å². The summed E-state index contributed by atoms with van der Waals surface area (Å²) in [6.07, 6.45) is -0.476. The number of rotatable bonds is 3. The van der Waals surface area contributed by atoms with E-state index >= 15 is 0 Å². The van der Waals surface area contributed by atoms with Crippen LogP contribution in [0.3, 0.4) is 0 Å². The first-order chi connectivity index (χ1) is 8.65. The fourth-order valence-corrected chi connectivity index (χ4v) is 1.70. The summed E-state index contributed by atoms with van der Waals surface area (Å²) in [6, 6.07) is 4.64. The number of carbonyl (C=O) groups is 2. The molecule has 0 saturated heterocycles. The lowest BCUT2D eigenvalue weighted by molar-refractivity contribution is -0.124. The van der Waals surface area contributed by atoms with Gasteiger partial charge in [0.1, 0.15) is 5.75 Å². The van der Waals surface area contributed by atoms with Crippen molar-refractivity contribution in [2.24, 2.45) is 0 Å². The van der Waals surface area contributed by atoms with Crippen molar-refractivity contribution in [3.63, 3.8) is 0 Å². The van der Waals surface area contributed by atoms with Crippen molar-refractivity contribution in [3.05, 3.63) is 23.8 Å². The Morgan fingerprint density at radius 3 is 3.00 bits per heavy atom. The van der Waals surface area contributed by atoms with Crippen molar-refractivity contribution < 1.29 is 24.2 Å². The molecule has 96 valence electrons. The second-order valence-electron chi connectivity index (χ2n) is 3.81. The third-order valence-corrected chi connectivity index (χ3v) is 2.61. The topological polar surface area (TPSA) is 84.9 Å². The molecule has 1 heterocycles. The van der Waals surface area contributed by atoms with Crippen LogP contribution in [0.2, 0.25) is 0 Å². The predicted molar refractivity (Wildman–Crippen MR) is 62.5 cm³/mol. The number of aliphatic hydroxyl groups is 1. The molecule has 1 amide bonds. The molecular formula is C12H13NO5. The lowest BCUT2D eigenvalue weighted by atomic mass is 10.1. The van der Waals surface area contributed by atoms with E-state index in [1.807, 2.05) is 0 Å². The summed E-state index contributed by atoms with van der Waals surface area (Å²) in [4.78, 5) is 23.0. The standard InChI is InChI=1S/C12H13NO5/c1-17-12(16)7-2-3-9-8(6-7)13-11(15)10(18-9)4-5-14/h2-3,6,10,14H,4-5H2,1H3,(H,13,15)/t10-/m0/s1. The first-order valence-electron chi connectivity index (χ1n) is 5.46. The Balaban J connectivity index is 2.26. The fourth-order valence-electron chi connectivity index (χ4n) is 1.70. The van der Waals surface area contributed by atoms with Gasteiger partial charge in [-0.2, -0.15) is 0 Å². The van der Waals surface area contributed by atoms with Crippen LogP contribution in [0.1, 0.15) is 16.8 Å². The van der Waals surface area contributed by atoms with E-state index in [0.717, 1.165) is 0 Å². The normalized spacial score (nSPS) is 17.4. The summed E-state index contributed by atoms with van der Waals surface area (Å²) in [7, 11) is 1.29. The van der Waals surface area contributed by atoms with E-state index in [4.69, 9.17) is 9.84 Å². The van der Waals surface area contributed by atoms with E-state index in [-0.39, 0.29) is 18.9 Å². The molecule has 1 aliphatic heterocycles. The smallest absolute Gasteiger partial charge is 0.337 e. The second-order valence-corrected chi connectivity index (χ2v) is 3.81. The highest BCUT2D eigenvalue weighted by Gasteiger charge is 2.27. The quantitative estimate of drug-likeness (QED) is 0.766. The van der Waals surface area contributed by atoms with Crippen LogP contribution >= 0.6 is 0 Å². The van der Waals surface area contributed by atoms with E-state index < -0.39 is 12.1 Å². The molecule has 1 atom stereocenters. The minimum Gasteiger partial charge on any atom is -0.478 e. The molecule has 6 nitrogen and oxygen atoms in total. The van der Waals surface area contributed by atoms with Crippen molar-refractivity contribution in [1.29, 1.82) is 0 Å². The number of fused-ring (bicyclic) bond motifs is 1. The van der Waals surface area contributed by atoms with E-state index in [1.165, 1.54) is 13.2 Å². The van der Waals surface area contributed by atoms with E-state index in [1.54, 1.807) is 12.1 Å². The zero-order valence-electron chi connectivity index (χ0n) is 9.80. The Labute approximate surface area is 104 Å². The lowest BCUT2D eigenvalue weighted by Crippen LogP contribution is -2.37. The molecule has 1 aromatic carbocycles. The fraction of sp³-hybridized carbons (Fsp3) is 0.333. The molecule has 0 radical (unpaired) electrons. The number of hydrogen-bond donors (Lipinski definition) is 2. The maximum absolute atomic E-state index is 11.6. The number of carbonyl (C=O) groups excluding carboxylic acids is 2. The average Bonchev–Trinajstić information content (AvgIpc) is 2.38. The number of nitrogens with one attached hydrogen (secondary N) is 1. The van der Waals surface area contributed by atoms with Gasteiger partial charge in [-0.15, -0.1) is 0 Å². The number of benzene rings is 1. The highest BCUT2D eigenvalue weighted by Crippen LogP contribution is 2.31. The van der Waals surface area contributed by atoms with Gasteiger partial charge < -0.3 is 19.9 Å². The van der Waals surface area contributed by atoms with Crippen molar-refractivity contribution >= 4 is 17.6 Å². The third kappa shape index (κ3) is 2.28. The highest BCUT2D eigenvalue weighted by atomic mass is 16.5. The van der Waals surface area contributed by atoms with Crippen LogP contribution in [0, 0.1) is 0 Å². The molecule has 0 aromatic heterocycles. The molecule has 2 N–H and O–H groups in total. The van der Waals surface area contributed by atoms with Gasteiger partial charge in [0.25, 0.3) is 5.91 Å². The molecule has 2 rings (SSSR count). The van der Waals surface area contributed by atoms with Crippen LogP contribution in [-0.4, -0.2) is 36.8 Å². The Bertz CT molecular complexity index is 485. The van der Waals surface area contributed by atoms with Gasteiger partial charge in [-0.1, -0.05) is 0 Å². The average molecular weight is 251 g/mol. The molecule has 6 heteroatoms. The molecule has 1 aliphatic rings. The number of methoxy groups -OCH3 is 1. The Morgan fingerprint density at radius 1 is 1.56 bits per heavy atom. The van der Waals surface area contributed by atoms with Gasteiger partial charge >= 0.3 is 5.97 Å². The Kier molecular flexibility index (Phi) is 3.47. The van der Waals surface area contributed by atoms with Crippen molar-refractivity contribution in [1.82, 2.24) is 0 Å². The first-order valence-corrected chi connectivity index (χ1v) is 5.46. The number of ether oxygens (including phenoxy) is 2. The third-order valence-electron chi connectivity index (χ3n) is 2.61. The highest BCUT2D eigenvalue weighted by molar-refractivity contribution is 5.99. The molecule has 0 saturated carbocycles. The van der Waals surface area contributed by atoms with Crippen LogP contribution in [-0.2, 0) is 9.53 Å². The minimum atomic E-state index is -0.702. The number of amides is 1. The van der Waals surface area contributed by atoms with Crippen LogP contribution < -0.4 is 10.1 Å². The molecular weight excluding hydrogens is 238 g/mol. The largest absolute Gasteiger partial charge is 0.478 e. The molecule has 0 unspecified atom stereocenters. The van der Waals surface area contributed by atoms with Crippen molar-refractivity contribution in [2.75, 3.05) is 19.0 Å². The SMILES string of the molecule is COC(=O)c1ccc2c(c1)NC(=O)[C@H](CCO)O2. The summed E-state index contributed by atoms with van der Waals surface area (Å²) in [5.74, 6) is -0.344. The maximum atomic E-state index is 11.6. The molecule has 0 bridgehead atoms. The van der Waals surface area contributed by atoms with Crippen LogP contribution in [0.25, 0.3) is 0 Å². The molecule has 0 spiro atoms. The summed E-state index contributed by atoms with van der Waals surface area (Å²) >= 11 is 0. The Morgan fingerprint density at radius 2 is 2.33 bits per heavy atom. The molecule has 1 aromatic rings. The predicted octanol–water partition coefficient (Wildman–Crippen LogP) is 0.555. The number of hydrogen-bond acceptors (Lipinski definition) is 5. The van der Waals surface area contributed by atoms with E-state index in [9.17, 15) is 9.59 Å². The van der Waals surface area contributed by atoms with Gasteiger partial charge in [-0.05, 0) is 18.2 Å². The van der Waals surface area contributed by atoms with Gasteiger partial charge in [0.2, 0.25) is 0 Å². The summed E-state index contributed by atoms with van der Waals surface area (Å²) in [5.41, 5.74) is 0.762.